The van der Waals surface area contributed by atoms with Crippen LogP contribution >= 0.6 is 19.2 Å². The first-order chi connectivity index (χ1) is 11.4. The molecule has 0 saturated heterocycles. The van der Waals surface area contributed by atoms with Gasteiger partial charge in [-0.1, -0.05) is 24.3 Å². The monoisotopic (exact) mass is 362 g/mol. The van der Waals surface area contributed by atoms with E-state index in [1.807, 2.05) is 24.3 Å². The van der Waals surface area contributed by atoms with E-state index in [0.717, 1.165) is 10.4 Å². The summed E-state index contributed by atoms with van der Waals surface area (Å²) in [7, 11) is -3.13. The highest BCUT2D eigenvalue weighted by atomic mass is 32.1. The number of hydrogen-bond acceptors (Lipinski definition) is 4. The first kappa shape index (κ1) is 16.7. The number of ether oxygens (including phenoxy) is 1. The van der Waals surface area contributed by atoms with Crippen molar-refractivity contribution in [2.45, 2.75) is 0 Å². The van der Waals surface area contributed by atoms with E-state index in [4.69, 9.17) is 14.5 Å². The Morgan fingerprint density at radius 3 is 2.50 bits per heavy atom. The Labute approximate surface area is 143 Å². The molecular formula is C17H15O5PS. The van der Waals surface area contributed by atoms with Gasteiger partial charge in [-0.15, -0.1) is 11.3 Å². The van der Waals surface area contributed by atoms with Gasteiger partial charge in [-0.25, -0.2) is 4.57 Å². The van der Waals surface area contributed by atoms with Crippen LogP contribution in [0.4, 0.5) is 0 Å². The van der Waals surface area contributed by atoms with Crippen molar-refractivity contribution in [3.05, 3.63) is 59.0 Å². The number of fused-ring (bicyclic) bond motifs is 1. The van der Waals surface area contributed by atoms with E-state index in [1.54, 1.807) is 23.5 Å². The van der Waals surface area contributed by atoms with Gasteiger partial charge in [0.25, 0.3) is 0 Å². The van der Waals surface area contributed by atoms with Crippen LogP contribution in [0, 0.1) is 0 Å². The van der Waals surface area contributed by atoms with Crippen LogP contribution in [0.5, 0.6) is 11.5 Å². The molecule has 0 unspecified atom stereocenters. The molecule has 124 valence electrons. The molecule has 0 bridgehead atoms. The maximum absolute atomic E-state index is 11.0. The predicted octanol–water partition coefficient (Wildman–Crippen LogP) is 4.55. The summed E-state index contributed by atoms with van der Waals surface area (Å²) < 4.78 is 22.0. The summed E-state index contributed by atoms with van der Waals surface area (Å²) in [5.41, 5.74) is 0.718. The van der Waals surface area contributed by atoms with Crippen molar-refractivity contribution >= 4 is 41.4 Å². The highest BCUT2D eigenvalue weighted by molar-refractivity contribution is 7.46. The average molecular weight is 362 g/mol. The van der Waals surface area contributed by atoms with Gasteiger partial charge in [0.15, 0.2) is 0 Å². The minimum Gasteiger partial charge on any atom is -0.497 e. The van der Waals surface area contributed by atoms with E-state index in [2.05, 4.69) is 22.7 Å². The van der Waals surface area contributed by atoms with Gasteiger partial charge in [-0.05, 0) is 41.3 Å². The maximum Gasteiger partial charge on any atom is 0.524 e. The van der Waals surface area contributed by atoms with Crippen molar-refractivity contribution in [3.8, 4) is 11.5 Å². The largest absolute Gasteiger partial charge is 0.524 e. The lowest BCUT2D eigenvalue weighted by molar-refractivity contribution is 0.282. The number of phosphoric ester groups is 1. The van der Waals surface area contributed by atoms with Crippen molar-refractivity contribution in [1.82, 2.24) is 0 Å². The Bertz CT molecular complexity index is 908. The molecule has 0 fully saturated rings. The third-order valence-electron chi connectivity index (χ3n) is 3.25. The number of benzene rings is 2. The van der Waals surface area contributed by atoms with Gasteiger partial charge >= 0.3 is 7.82 Å². The lowest BCUT2D eigenvalue weighted by Crippen LogP contribution is -1.92. The fourth-order valence-electron chi connectivity index (χ4n) is 2.26. The Balaban J connectivity index is 1.90. The quantitative estimate of drug-likeness (QED) is 0.651. The van der Waals surface area contributed by atoms with Crippen molar-refractivity contribution in [3.63, 3.8) is 0 Å². The smallest absolute Gasteiger partial charge is 0.497 e. The van der Waals surface area contributed by atoms with Gasteiger partial charge in [0, 0.05) is 15.6 Å². The molecule has 3 aromatic rings. The van der Waals surface area contributed by atoms with Crippen LogP contribution in [0.3, 0.4) is 0 Å². The van der Waals surface area contributed by atoms with E-state index in [0.29, 0.717) is 5.75 Å². The minimum absolute atomic E-state index is 0.0543. The number of thiophene rings is 1. The number of rotatable bonds is 5. The molecule has 0 radical (unpaired) electrons. The predicted molar refractivity (Wildman–Crippen MR) is 96.4 cm³/mol. The van der Waals surface area contributed by atoms with Crippen molar-refractivity contribution in [2.75, 3.05) is 7.11 Å². The molecule has 0 aliphatic heterocycles. The minimum atomic E-state index is -4.61. The average Bonchev–Trinajstić information content (AvgIpc) is 2.94. The van der Waals surface area contributed by atoms with Crippen LogP contribution in [-0.2, 0) is 4.57 Å². The van der Waals surface area contributed by atoms with Crippen molar-refractivity contribution in [2.24, 2.45) is 0 Å². The molecule has 1 aromatic heterocycles. The lowest BCUT2D eigenvalue weighted by atomic mass is 10.2. The third kappa shape index (κ3) is 4.24. The molecule has 3 rings (SSSR count). The first-order valence-electron chi connectivity index (χ1n) is 7.04. The zero-order chi connectivity index (χ0) is 17.2. The van der Waals surface area contributed by atoms with Crippen molar-refractivity contribution in [1.29, 1.82) is 0 Å². The molecule has 0 aliphatic rings. The van der Waals surface area contributed by atoms with E-state index >= 15 is 0 Å². The molecule has 5 nitrogen and oxygen atoms in total. The molecule has 0 amide bonds. The number of methoxy groups -OCH3 is 1. The fraction of sp³-hybridized carbons (Fsp3) is 0.0588. The van der Waals surface area contributed by atoms with Crippen LogP contribution in [-0.4, -0.2) is 16.9 Å². The Morgan fingerprint density at radius 2 is 1.79 bits per heavy atom. The Morgan fingerprint density at radius 1 is 1.04 bits per heavy atom. The van der Waals surface area contributed by atoms with E-state index in [9.17, 15) is 4.57 Å². The first-order valence-corrected chi connectivity index (χ1v) is 9.38. The molecule has 0 spiro atoms. The van der Waals surface area contributed by atoms with Crippen molar-refractivity contribution < 1.29 is 23.6 Å². The molecule has 0 aliphatic carbocycles. The fourth-order valence-corrected chi connectivity index (χ4v) is 3.61. The van der Waals surface area contributed by atoms with Gasteiger partial charge in [0.1, 0.15) is 11.5 Å². The maximum atomic E-state index is 11.0. The van der Waals surface area contributed by atoms with Crippen LogP contribution in [0.2, 0.25) is 0 Å². The molecule has 2 aromatic carbocycles. The van der Waals surface area contributed by atoms with Gasteiger partial charge in [-0.2, -0.15) is 0 Å². The molecule has 24 heavy (non-hydrogen) atoms. The van der Waals surface area contributed by atoms with Crippen LogP contribution in [0.25, 0.3) is 22.2 Å². The summed E-state index contributed by atoms with van der Waals surface area (Å²) in [6.45, 7) is 0. The summed E-state index contributed by atoms with van der Waals surface area (Å²) in [5.74, 6) is 0.510. The third-order valence-corrected chi connectivity index (χ3v) is 4.78. The topological polar surface area (TPSA) is 76.0 Å². The zero-order valence-electron chi connectivity index (χ0n) is 12.7. The lowest BCUT2D eigenvalue weighted by Gasteiger charge is -2.09. The summed E-state index contributed by atoms with van der Waals surface area (Å²) >= 11 is 1.67. The second-order valence-electron chi connectivity index (χ2n) is 5.04. The molecule has 7 heteroatoms. The van der Waals surface area contributed by atoms with Crippen LogP contribution < -0.4 is 9.26 Å². The van der Waals surface area contributed by atoms with Gasteiger partial charge in [0.05, 0.1) is 7.11 Å². The highest BCUT2D eigenvalue weighted by Gasteiger charge is 2.16. The normalized spacial score (nSPS) is 12.0. The molecule has 2 N–H and O–H groups in total. The van der Waals surface area contributed by atoms with Gasteiger partial charge in [-0.3, -0.25) is 9.79 Å². The van der Waals surface area contributed by atoms with E-state index in [1.165, 1.54) is 23.3 Å². The molecular weight excluding hydrogens is 347 g/mol. The summed E-state index contributed by atoms with van der Waals surface area (Å²) in [6.07, 6.45) is 3.79. The standard InChI is InChI=1S/C17H15O5PS/c1-21-14-8-12(9-15(11-14)22-23(18,19)20)6-7-16-10-13-4-2-3-5-17(13)24-16/h2-11H,1H3,(H2,18,19,20)/b7-6+. The number of phosphoric acid groups is 1. The second kappa shape index (κ2) is 6.79. The Hall–Kier alpha value is -2.11. The summed E-state index contributed by atoms with van der Waals surface area (Å²) in [4.78, 5) is 19.0. The van der Waals surface area contributed by atoms with Crippen LogP contribution in [0.15, 0.2) is 48.5 Å². The SMILES string of the molecule is COc1cc(/C=C/c2cc3ccccc3s2)cc(OP(=O)(O)O)c1. The van der Waals surface area contributed by atoms with Gasteiger partial charge < -0.3 is 9.26 Å². The van der Waals surface area contributed by atoms with E-state index < -0.39 is 7.82 Å². The second-order valence-corrected chi connectivity index (χ2v) is 7.32. The Kier molecular flexibility index (Phi) is 4.73. The molecule has 0 atom stereocenters. The summed E-state index contributed by atoms with van der Waals surface area (Å²) in [5, 5.41) is 1.18. The van der Waals surface area contributed by atoms with Crippen LogP contribution in [0.1, 0.15) is 10.4 Å². The number of hydrogen-bond donors (Lipinski definition) is 2. The molecule has 1 heterocycles. The molecule has 0 saturated carbocycles. The highest BCUT2D eigenvalue weighted by Crippen LogP contribution is 2.39. The summed E-state index contributed by atoms with van der Waals surface area (Å²) in [6, 6.07) is 14.9. The van der Waals surface area contributed by atoms with Gasteiger partial charge in [0.2, 0.25) is 0 Å². The zero-order valence-corrected chi connectivity index (χ0v) is 14.5. The van der Waals surface area contributed by atoms with E-state index in [-0.39, 0.29) is 5.75 Å².